The molecule has 1 amide bonds. The molecule has 0 aromatic carbocycles. The van der Waals surface area contributed by atoms with Gasteiger partial charge in [0.05, 0.1) is 13.0 Å². The maximum absolute atomic E-state index is 12.9. The highest BCUT2D eigenvalue weighted by Crippen LogP contribution is 2.26. The minimum atomic E-state index is -0.325. The van der Waals surface area contributed by atoms with E-state index >= 15 is 0 Å². The molecule has 1 fully saturated rings. The number of esters is 1. The van der Waals surface area contributed by atoms with Gasteiger partial charge in [-0.2, -0.15) is 0 Å². The second-order valence-electron chi connectivity index (χ2n) is 6.33. The van der Waals surface area contributed by atoms with Crippen molar-refractivity contribution in [2.45, 2.75) is 45.6 Å². The number of rotatable bonds is 6. The van der Waals surface area contributed by atoms with Gasteiger partial charge in [0.25, 0.3) is 0 Å². The van der Waals surface area contributed by atoms with E-state index in [1.54, 1.807) is 19.3 Å². The quantitative estimate of drug-likeness (QED) is 0.757. The Bertz CT molecular complexity index is 512. The van der Waals surface area contributed by atoms with Crippen LogP contribution in [0, 0.1) is 11.8 Å². The van der Waals surface area contributed by atoms with Crippen LogP contribution in [0.5, 0.6) is 0 Å². The molecule has 5 heteroatoms. The first-order chi connectivity index (χ1) is 11.1. The Morgan fingerprint density at radius 1 is 1.26 bits per heavy atom. The fraction of sp³-hybridized carbons (Fsp3) is 0.611. The number of hydrogen-bond donors (Lipinski definition) is 0. The van der Waals surface area contributed by atoms with Gasteiger partial charge in [0.2, 0.25) is 5.91 Å². The molecule has 1 aromatic heterocycles. The van der Waals surface area contributed by atoms with E-state index in [0.29, 0.717) is 13.1 Å². The number of pyridine rings is 1. The molecule has 1 aliphatic carbocycles. The zero-order valence-corrected chi connectivity index (χ0v) is 14.0. The number of methoxy groups -OCH3 is 1. The number of amides is 1. The average Bonchev–Trinajstić information content (AvgIpc) is 2.61. The first-order valence-corrected chi connectivity index (χ1v) is 8.37. The first kappa shape index (κ1) is 17.4. The van der Waals surface area contributed by atoms with E-state index in [0.717, 1.165) is 31.2 Å². The van der Waals surface area contributed by atoms with Crippen LogP contribution in [-0.2, 0) is 20.9 Å². The molecule has 1 aliphatic rings. The van der Waals surface area contributed by atoms with Gasteiger partial charge >= 0.3 is 5.97 Å². The molecular formula is C18H26N2O3. The average molecular weight is 318 g/mol. The van der Waals surface area contributed by atoms with E-state index < -0.39 is 0 Å². The Morgan fingerprint density at radius 2 is 1.91 bits per heavy atom. The Kier molecular flexibility index (Phi) is 6.56. The van der Waals surface area contributed by atoms with Crippen LogP contribution in [0.15, 0.2) is 24.5 Å². The van der Waals surface area contributed by atoms with Gasteiger partial charge < -0.3 is 9.64 Å². The van der Waals surface area contributed by atoms with Crippen molar-refractivity contribution in [2.75, 3.05) is 13.7 Å². The van der Waals surface area contributed by atoms with Gasteiger partial charge in [-0.15, -0.1) is 0 Å². The van der Waals surface area contributed by atoms with Crippen molar-refractivity contribution in [3.05, 3.63) is 30.1 Å². The molecule has 1 aromatic rings. The van der Waals surface area contributed by atoms with E-state index in [1.807, 2.05) is 17.0 Å². The number of ether oxygens (including phenoxy) is 1. The van der Waals surface area contributed by atoms with Crippen molar-refractivity contribution in [2.24, 2.45) is 11.8 Å². The van der Waals surface area contributed by atoms with Crippen LogP contribution in [0.3, 0.4) is 0 Å². The van der Waals surface area contributed by atoms with Crippen LogP contribution in [-0.4, -0.2) is 35.4 Å². The predicted octanol–water partition coefficient (Wildman–Crippen LogP) is 2.80. The highest BCUT2D eigenvalue weighted by Gasteiger charge is 2.28. The third-order valence-electron chi connectivity index (χ3n) is 4.49. The summed E-state index contributed by atoms with van der Waals surface area (Å²) in [5.41, 5.74) is 1.03. The smallest absolute Gasteiger partial charge is 0.310 e. The van der Waals surface area contributed by atoms with Gasteiger partial charge in [0.1, 0.15) is 0 Å². The Morgan fingerprint density at radius 3 is 2.52 bits per heavy atom. The number of hydrogen-bond acceptors (Lipinski definition) is 4. The molecule has 0 bridgehead atoms. The topological polar surface area (TPSA) is 59.5 Å². The van der Waals surface area contributed by atoms with Gasteiger partial charge in [-0.3, -0.25) is 14.6 Å². The zero-order chi connectivity index (χ0) is 16.7. The lowest BCUT2D eigenvalue weighted by Gasteiger charge is -2.30. The van der Waals surface area contributed by atoms with E-state index in [1.165, 1.54) is 13.5 Å². The summed E-state index contributed by atoms with van der Waals surface area (Å²) >= 11 is 0. The van der Waals surface area contributed by atoms with E-state index in [9.17, 15) is 9.59 Å². The summed E-state index contributed by atoms with van der Waals surface area (Å²) in [5.74, 6) is -0.344. The molecule has 1 heterocycles. The van der Waals surface area contributed by atoms with Crippen LogP contribution in [0.1, 0.15) is 44.6 Å². The summed E-state index contributed by atoms with van der Waals surface area (Å²) in [6, 6.07) is 3.81. The maximum atomic E-state index is 12.9. The molecule has 1 unspecified atom stereocenters. The van der Waals surface area contributed by atoms with E-state index in [4.69, 9.17) is 4.74 Å². The lowest BCUT2D eigenvalue weighted by Crippen LogP contribution is -2.40. The minimum Gasteiger partial charge on any atom is -0.469 e. The van der Waals surface area contributed by atoms with Crippen molar-refractivity contribution in [1.29, 1.82) is 0 Å². The summed E-state index contributed by atoms with van der Waals surface area (Å²) in [4.78, 5) is 30.5. The molecule has 0 aliphatic heterocycles. The standard InChI is InChI=1S/C18H26N2O3/c1-14(18(22)23-2)12-20(13-15-8-10-19-11-9-15)17(21)16-6-4-3-5-7-16/h8-11,14,16H,3-7,12-13H2,1-2H3. The Balaban J connectivity index is 2.09. The normalized spacial score (nSPS) is 16.6. The molecule has 23 heavy (non-hydrogen) atoms. The predicted molar refractivity (Wildman–Crippen MR) is 87.4 cm³/mol. The molecule has 0 saturated heterocycles. The lowest BCUT2D eigenvalue weighted by molar-refractivity contribution is -0.147. The fourth-order valence-electron chi connectivity index (χ4n) is 3.16. The summed E-state index contributed by atoms with van der Waals surface area (Å²) in [6.07, 6.45) is 8.81. The van der Waals surface area contributed by atoms with Gasteiger partial charge in [-0.1, -0.05) is 26.2 Å². The van der Waals surface area contributed by atoms with Gasteiger partial charge in [-0.05, 0) is 30.5 Å². The highest BCUT2D eigenvalue weighted by atomic mass is 16.5. The van der Waals surface area contributed by atoms with Gasteiger partial charge in [0.15, 0.2) is 0 Å². The second kappa shape index (κ2) is 8.65. The van der Waals surface area contributed by atoms with Crippen LogP contribution in [0.2, 0.25) is 0 Å². The number of carbonyl (C=O) groups is 2. The molecular weight excluding hydrogens is 292 g/mol. The van der Waals surface area contributed by atoms with E-state index in [-0.39, 0.29) is 23.7 Å². The molecule has 1 saturated carbocycles. The highest BCUT2D eigenvalue weighted by molar-refractivity contribution is 5.80. The van der Waals surface area contributed by atoms with E-state index in [2.05, 4.69) is 4.98 Å². The van der Waals surface area contributed by atoms with Crippen LogP contribution in [0.25, 0.3) is 0 Å². The summed E-state index contributed by atoms with van der Waals surface area (Å²) in [5, 5.41) is 0. The van der Waals surface area contributed by atoms with Gasteiger partial charge in [-0.25, -0.2) is 0 Å². The van der Waals surface area contributed by atoms with Crippen LogP contribution >= 0.6 is 0 Å². The molecule has 5 nitrogen and oxygen atoms in total. The Labute approximate surface area is 138 Å². The largest absolute Gasteiger partial charge is 0.469 e. The van der Waals surface area contributed by atoms with Crippen molar-refractivity contribution in [3.63, 3.8) is 0 Å². The SMILES string of the molecule is COC(=O)C(C)CN(Cc1ccncc1)C(=O)C1CCCCC1. The molecule has 0 N–H and O–H groups in total. The molecule has 0 radical (unpaired) electrons. The summed E-state index contributed by atoms with van der Waals surface area (Å²) in [7, 11) is 1.38. The van der Waals surface area contributed by atoms with Crippen molar-refractivity contribution < 1.29 is 14.3 Å². The van der Waals surface area contributed by atoms with Crippen molar-refractivity contribution in [3.8, 4) is 0 Å². The van der Waals surface area contributed by atoms with Crippen molar-refractivity contribution in [1.82, 2.24) is 9.88 Å². The minimum absolute atomic E-state index is 0.0930. The maximum Gasteiger partial charge on any atom is 0.310 e. The number of aromatic nitrogens is 1. The molecule has 2 rings (SSSR count). The Hall–Kier alpha value is -1.91. The number of carbonyl (C=O) groups excluding carboxylic acids is 2. The van der Waals surface area contributed by atoms with Gasteiger partial charge in [0, 0.05) is 31.4 Å². The van der Waals surface area contributed by atoms with Crippen LogP contribution in [0.4, 0.5) is 0 Å². The second-order valence-corrected chi connectivity index (χ2v) is 6.33. The monoisotopic (exact) mass is 318 g/mol. The first-order valence-electron chi connectivity index (χ1n) is 8.37. The lowest BCUT2D eigenvalue weighted by atomic mass is 9.88. The molecule has 126 valence electrons. The fourth-order valence-corrected chi connectivity index (χ4v) is 3.16. The zero-order valence-electron chi connectivity index (χ0n) is 14.0. The van der Waals surface area contributed by atoms with Crippen molar-refractivity contribution >= 4 is 11.9 Å². The number of nitrogens with zero attached hydrogens (tertiary/aromatic N) is 2. The summed E-state index contributed by atoms with van der Waals surface area (Å²) < 4.78 is 4.80. The third-order valence-corrected chi connectivity index (χ3v) is 4.49. The molecule has 0 spiro atoms. The van der Waals surface area contributed by atoms with Crippen LogP contribution < -0.4 is 0 Å². The summed E-state index contributed by atoms with van der Waals surface area (Å²) in [6.45, 7) is 2.71. The third kappa shape index (κ3) is 5.05. The molecule has 1 atom stereocenters.